The van der Waals surface area contributed by atoms with Crippen molar-refractivity contribution in [1.82, 2.24) is 4.98 Å². The second-order valence-corrected chi connectivity index (χ2v) is 6.82. The Bertz CT molecular complexity index is 933. The maximum Gasteiger partial charge on any atom is 0.307 e. The van der Waals surface area contributed by atoms with Gasteiger partial charge in [-0.15, -0.1) is 0 Å². The standard InChI is InChI=1S/C8H9NO2.C8H9NO.C7H7NO3/c1-7(10)6-8-2-4-9(11)5-3-8;1-7(10)6-8-2-4-9-5-3-8;9-7(10)5-6-1-3-8(11)4-2-6/h2-5H,6H2,1H3;2-5H,6H2,1H3;1-4H,5H2,(H,9,10). The summed E-state index contributed by atoms with van der Waals surface area (Å²) in [7, 11) is 0. The molecule has 0 spiro atoms. The summed E-state index contributed by atoms with van der Waals surface area (Å²) in [6.45, 7) is 3.11. The highest BCUT2D eigenvalue weighted by molar-refractivity contribution is 5.78. The molecule has 168 valence electrons. The Morgan fingerprint density at radius 1 is 0.719 bits per heavy atom. The van der Waals surface area contributed by atoms with Gasteiger partial charge in [-0.1, -0.05) is 0 Å². The van der Waals surface area contributed by atoms with Crippen LogP contribution in [0.1, 0.15) is 30.5 Å². The molecule has 3 heterocycles. The minimum Gasteiger partial charge on any atom is -0.619 e. The molecule has 3 aromatic heterocycles. The summed E-state index contributed by atoms with van der Waals surface area (Å²) in [5.74, 6) is -0.603. The average molecular weight is 439 g/mol. The first kappa shape index (κ1) is 25.9. The first-order valence-electron chi connectivity index (χ1n) is 9.60. The van der Waals surface area contributed by atoms with Crippen LogP contribution in [0.4, 0.5) is 0 Å². The van der Waals surface area contributed by atoms with Gasteiger partial charge in [0.05, 0.1) is 6.42 Å². The molecule has 0 unspecified atom stereocenters. The summed E-state index contributed by atoms with van der Waals surface area (Å²) in [4.78, 5) is 35.2. The number of Topliss-reactive ketones (excluding diaryl/α,β-unsaturated/α-hetero) is 2. The maximum atomic E-state index is 10.6. The summed E-state index contributed by atoms with van der Waals surface area (Å²) in [6.07, 6.45) is 9.59. The number of aliphatic carboxylic acids is 1. The highest BCUT2D eigenvalue weighted by Gasteiger charge is 2.00. The third-order valence-corrected chi connectivity index (χ3v) is 3.75. The van der Waals surface area contributed by atoms with Crippen LogP contribution in [0.2, 0.25) is 0 Å². The van der Waals surface area contributed by atoms with Crippen molar-refractivity contribution in [2.75, 3.05) is 0 Å². The molecule has 9 heteroatoms. The Kier molecular flexibility index (Phi) is 11.3. The minimum atomic E-state index is -0.895. The van der Waals surface area contributed by atoms with Crippen LogP contribution in [0.5, 0.6) is 0 Å². The van der Waals surface area contributed by atoms with E-state index in [1.807, 2.05) is 12.1 Å². The SMILES string of the molecule is CC(=O)Cc1cc[n+]([O-])cc1.CC(=O)Cc1ccncc1.O=C(O)Cc1cc[n+]([O-])cc1. The van der Waals surface area contributed by atoms with E-state index in [0.717, 1.165) is 11.1 Å². The number of ketones is 2. The smallest absolute Gasteiger partial charge is 0.307 e. The van der Waals surface area contributed by atoms with Crippen LogP contribution in [0.3, 0.4) is 0 Å². The van der Waals surface area contributed by atoms with Crippen LogP contribution in [-0.2, 0) is 33.6 Å². The predicted molar refractivity (Wildman–Crippen MR) is 115 cm³/mol. The molecule has 9 nitrogen and oxygen atoms in total. The zero-order valence-electron chi connectivity index (χ0n) is 17.9. The zero-order valence-corrected chi connectivity index (χ0v) is 17.9. The minimum absolute atomic E-state index is 0.0408. The monoisotopic (exact) mass is 439 g/mol. The quantitative estimate of drug-likeness (QED) is 0.455. The van der Waals surface area contributed by atoms with Crippen molar-refractivity contribution in [2.45, 2.75) is 33.1 Å². The molecule has 0 aliphatic rings. The Morgan fingerprint density at radius 3 is 1.41 bits per heavy atom. The van der Waals surface area contributed by atoms with Gasteiger partial charge < -0.3 is 15.5 Å². The Morgan fingerprint density at radius 2 is 1.06 bits per heavy atom. The highest BCUT2D eigenvalue weighted by Crippen LogP contribution is 1.97. The topological polar surface area (TPSA) is 138 Å². The lowest BCUT2D eigenvalue weighted by atomic mass is 10.1. The predicted octanol–water partition coefficient (Wildman–Crippen LogP) is 1.61. The van der Waals surface area contributed by atoms with Gasteiger partial charge in [-0.25, -0.2) is 0 Å². The van der Waals surface area contributed by atoms with E-state index < -0.39 is 5.97 Å². The number of aromatic nitrogens is 3. The number of hydrogen-bond acceptors (Lipinski definition) is 6. The van der Waals surface area contributed by atoms with Crippen molar-refractivity contribution < 1.29 is 29.0 Å². The van der Waals surface area contributed by atoms with E-state index >= 15 is 0 Å². The molecule has 0 aliphatic carbocycles. The fourth-order valence-corrected chi connectivity index (χ4v) is 2.37. The van der Waals surface area contributed by atoms with Gasteiger partial charge in [0.2, 0.25) is 0 Å². The molecule has 3 rings (SSSR count). The molecule has 0 aliphatic heterocycles. The van der Waals surface area contributed by atoms with Crippen molar-refractivity contribution in [1.29, 1.82) is 0 Å². The van der Waals surface area contributed by atoms with Crippen LogP contribution in [-0.4, -0.2) is 27.6 Å². The second kappa shape index (κ2) is 14.0. The molecule has 0 saturated carbocycles. The maximum absolute atomic E-state index is 10.6. The van der Waals surface area contributed by atoms with Crippen LogP contribution in [0.15, 0.2) is 73.6 Å². The van der Waals surface area contributed by atoms with E-state index in [-0.39, 0.29) is 18.0 Å². The lowest BCUT2D eigenvalue weighted by Crippen LogP contribution is -2.24. The average Bonchev–Trinajstić information content (AvgIpc) is 2.72. The molecule has 0 amide bonds. The number of rotatable bonds is 6. The number of carbonyl (C=O) groups excluding carboxylic acids is 2. The summed E-state index contributed by atoms with van der Waals surface area (Å²) in [5.41, 5.74) is 2.54. The van der Waals surface area contributed by atoms with E-state index in [1.165, 1.54) is 43.8 Å². The molecular formula is C23H25N3O6. The number of pyridine rings is 3. The molecule has 0 bridgehead atoms. The van der Waals surface area contributed by atoms with Gasteiger partial charge in [0.1, 0.15) is 11.6 Å². The van der Waals surface area contributed by atoms with Crippen LogP contribution >= 0.6 is 0 Å². The summed E-state index contributed by atoms with van der Waals surface area (Å²) >= 11 is 0. The third kappa shape index (κ3) is 12.4. The van der Waals surface area contributed by atoms with E-state index in [2.05, 4.69) is 4.98 Å². The van der Waals surface area contributed by atoms with E-state index in [9.17, 15) is 24.8 Å². The van der Waals surface area contributed by atoms with Crippen LogP contribution in [0.25, 0.3) is 0 Å². The second-order valence-electron chi connectivity index (χ2n) is 6.82. The molecular weight excluding hydrogens is 414 g/mol. The molecule has 0 radical (unpaired) electrons. The number of carboxylic acids is 1. The van der Waals surface area contributed by atoms with Gasteiger partial charge in [-0.3, -0.25) is 19.4 Å². The summed E-state index contributed by atoms with van der Waals surface area (Å²) in [5, 5.41) is 29.4. The molecule has 32 heavy (non-hydrogen) atoms. The molecule has 0 atom stereocenters. The zero-order chi connectivity index (χ0) is 23.9. The fourth-order valence-electron chi connectivity index (χ4n) is 2.37. The number of carbonyl (C=O) groups is 3. The van der Waals surface area contributed by atoms with Gasteiger partial charge >= 0.3 is 5.97 Å². The lowest BCUT2D eigenvalue weighted by Gasteiger charge is -1.96. The Hall–Kier alpha value is -4.14. The number of carboxylic acid groups (broad SMARTS) is 1. The van der Waals surface area contributed by atoms with Gasteiger partial charge in [0.25, 0.3) is 0 Å². The molecule has 1 N–H and O–H groups in total. The normalized spacial score (nSPS) is 9.44. The third-order valence-electron chi connectivity index (χ3n) is 3.75. The van der Waals surface area contributed by atoms with Crippen molar-refractivity contribution in [3.05, 3.63) is 101 Å². The summed E-state index contributed by atoms with van der Waals surface area (Å²) < 4.78 is 1.31. The Labute approximate surface area is 185 Å². The molecule has 0 fully saturated rings. The van der Waals surface area contributed by atoms with Gasteiger partial charge in [-0.05, 0) is 42.7 Å². The fraction of sp³-hybridized carbons (Fsp3) is 0.217. The Balaban J connectivity index is 0.000000240. The molecule has 3 aromatic rings. The van der Waals surface area contributed by atoms with Crippen molar-refractivity contribution >= 4 is 17.5 Å². The van der Waals surface area contributed by atoms with E-state index in [0.29, 0.717) is 27.9 Å². The van der Waals surface area contributed by atoms with Crippen LogP contribution < -0.4 is 9.46 Å². The van der Waals surface area contributed by atoms with Crippen molar-refractivity contribution in [3.8, 4) is 0 Å². The number of nitrogens with zero attached hydrogens (tertiary/aromatic N) is 3. The highest BCUT2D eigenvalue weighted by atomic mass is 16.5. The number of hydrogen-bond donors (Lipinski definition) is 1. The first-order chi connectivity index (χ1) is 15.2. The van der Waals surface area contributed by atoms with Crippen molar-refractivity contribution in [2.24, 2.45) is 0 Å². The van der Waals surface area contributed by atoms with Crippen LogP contribution in [0, 0.1) is 10.4 Å². The van der Waals surface area contributed by atoms with Gasteiger partial charge in [0, 0.05) is 49.5 Å². The summed E-state index contributed by atoms with van der Waals surface area (Å²) in [6, 6.07) is 9.97. The molecule has 0 saturated heterocycles. The van der Waals surface area contributed by atoms with E-state index in [4.69, 9.17) is 5.11 Å². The van der Waals surface area contributed by atoms with E-state index in [1.54, 1.807) is 31.5 Å². The van der Waals surface area contributed by atoms with Gasteiger partial charge in [-0.2, -0.15) is 9.46 Å². The first-order valence-corrected chi connectivity index (χ1v) is 9.60. The lowest BCUT2D eigenvalue weighted by molar-refractivity contribution is -0.605. The van der Waals surface area contributed by atoms with Gasteiger partial charge in [0.15, 0.2) is 24.8 Å². The largest absolute Gasteiger partial charge is 0.619 e. The van der Waals surface area contributed by atoms with Crippen molar-refractivity contribution in [3.63, 3.8) is 0 Å². The molecule has 0 aromatic carbocycles.